The summed E-state index contributed by atoms with van der Waals surface area (Å²) in [6.45, 7) is -4.59. The van der Waals surface area contributed by atoms with Crippen LogP contribution in [-0.4, -0.2) is 103 Å². The lowest BCUT2D eigenvalue weighted by molar-refractivity contribution is 0.0374. The smallest absolute Gasteiger partial charge is 0.255 e. The Bertz CT molecular complexity index is 998. The largest absolute Gasteiger partial charge is 0.507 e. The molecule has 0 unspecified atom stereocenters. The number of hydrogen-bond donors (Lipinski definition) is 10. The van der Waals surface area contributed by atoms with Crippen molar-refractivity contribution >= 4 is 23.2 Å². The van der Waals surface area contributed by atoms with Crippen molar-refractivity contribution in [3.8, 4) is 11.5 Å². The zero-order valence-corrected chi connectivity index (χ0v) is 19.0. The van der Waals surface area contributed by atoms with Crippen LogP contribution in [0.15, 0.2) is 46.6 Å². The van der Waals surface area contributed by atoms with Crippen molar-refractivity contribution in [3.63, 3.8) is 0 Å². The van der Waals surface area contributed by atoms with E-state index in [4.69, 9.17) is 0 Å². The van der Waals surface area contributed by atoms with Gasteiger partial charge in [-0.15, -0.1) is 0 Å². The molecular formula is C22H28N4O10. The average Bonchev–Trinajstić information content (AvgIpc) is 2.90. The molecule has 2 aromatic carbocycles. The van der Waals surface area contributed by atoms with E-state index in [9.17, 15) is 50.4 Å². The van der Waals surface area contributed by atoms with Gasteiger partial charge < -0.3 is 51.5 Å². The molecule has 0 aliphatic heterocycles. The van der Waals surface area contributed by atoms with Gasteiger partial charge in [-0.3, -0.25) is 9.59 Å². The van der Waals surface area contributed by atoms with Crippen molar-refractivity contribution in [2.45, 2.75) is 11.1 Å². The molecule has 0 heterocycles. The quantitative estimate of drug-likeness (QED) is 0.147. The fraction of sp³-hybridized carbons (Fsp3) is 0.364. The number of benzene rings is 2. The Hall–Kier alpha value is -3.66. The molecule has 0 spiro atoms. The first-order valence-electron chi connectivity index (χ1n) is 10.5. The van der Waals surface area contributed by atoms with Gasteiger partial charge in [0.05, 0.1) is 62.1 Å². The van der Waals surface area contributed by atoms with Crippen molar-refractivity contribution in [2.24, 2.45) is 10.2 Å². The van der Waals surface area contributed by atoms with Gasteiger partial charge in [0.1, 0.15) is 22.6 Å². The molecule has 0 radical (unpaired) electrons. The van der Waals surface area contributed by atoms with Crippen LogP contribution < -0.4 is 10.6 Å². The van der Waals surface area contributed by atoms with E-state index in [2.05, 4.69) is 20.9 Å². The molecule has 196 valence electrons. The molecule has 2 aromatic rings. The normalized spacial score (nSPS) is 12.1. The minimum absolute atomic E-state index is 0.0829. The number of carbonyl (C=O) groups is 2. The first-order chi connectivity index (χ1) is 17.1. The number of aliphatic hydroxyl groups excluding tert-OH is 6. The highest BCUT2D eigenvalue weighted by Gasteiger charge is 2.32. The maximum Gasteiger partial charge on any atom is 0.255 e. The van der Waals surface area contributed by atoms with Crippen LogP contribution in [0.3, 0.4) is 0 Å². The highest BCUT2D eigenvalue weighted by Crippen LogP contribution is 2.28. The molecule has 0 aliphatic carbocycles. The third kappa shape index (κ3) is 6.51. The molecule has 0 bridgehead atoms. The SMILES string of the molecule is O=C(NC(CO)(CO)CO)c1cc(N=Nc2ccc(O)c(C(=O)NC(CO)(CO)CO)c2)ccc1O. The standard InChI is InChI=1S/C22H28N4O10/c27-7-21(8-28,9-29)23-19(35)15-5-13(1-3-17(15)33)25-26-14-2-4-18(34)16(6-14)20(36)24-22(10-30,11-31)12-32/h1-6,27-34H,7-12H2,(H,23,35)(H,24,36). The number of hydrogen-bond acceptors (Lipinski definition) is 12. The van der Waals surface area contributed by atoms with Gasteiger partial charge in [0.25, 0.3) is 11.8 Å². The maximum absolute atomic E-state index is 12.5. The molecule has 14 heteroatoms. The molecule has 14 nitrogen and oxygen atoms in total. The summed E-state index contributed by atoms with van der Waals surface area (Å²) in [5.41, 5.74) is -3.84. The van der Waals surface area contributed by atoms with Gasteiger partial charge in [0.15, 0.2) is 0 Å². The lowest BCUT2D eigenvalue weighted by atomic mass is 10.0. The second kappa shape index (κ2) is 12.3. The van der Waals surface area contributed by atoms with Gasteiger partial charge in [0.2, 0.25) is 0 Å². The predicted molar refractivity (Wildman–Crippen MR) is 123 cm³/mol. The van der Waals surface area contributed by atoms with E-state index >= 15 is 0 Å². The number of nitrogens with one attached hydrogen (secondary N) is 2. The zero-order valence-electron chi connectivity index (χ0n) is 19.0. The molecule has 36 heavy (non-hydrogen) atoms. The van der Waals surface area contributed by atoms with Crippen LogP contribution in [-0.2, 0) is 0 Å². The Morgan fingerprint density at radius 2 is 0.917 bits per heavy atom. The van der Waals surface area contributed by atoms with Crippen molar-refractivity contribution in [2.75, 3.05) is 39.6 Å². The third-order valence-corrected chi connectivity index (χ3v) is 5.30. The fourth-order valence-electron chi connectivity index (χ4n) is 2.81. The second-order valence-electron chi connectivity index (χ2n) is 8.02. The topological polar surface area (TPSA) is 245 Å². The molecule has 0 fully saturated rings. The van der Waals surface area contributed by atoms with Crippen molar-refractivity contribution in [1.29, 1.82) is 0 Å². The average molecular weight is 508 g/mol. The van der Waals surface area contributed by atoms with E-state index in [0.29, 0.717) is 0 Å². The number of phenolic OH excluding ortho intramolecular Hbond substituents is 2. The summed E-state index contributed by atoms with van der Waals surface area (Å²) < 4.78 is 0. The Morgan fingerprint density at radius 1 is 0.611 bits per heavy atom. The molecule has 0 atom stereocenters. The summed E-state index contributed by atoms with van der Waals surface area (Å²) >= 11 is 0. The van der Waals surface area contributed by atoms with Crippen LogP contribution in [0.2, 0.25) is 0 Å². The van der Waals surface area contributed by atoms with Crippen LogP contribution in [0.5, 0.6) is 11.5 Å². The van der Waals surface area contributed by atoms with Crippen LogP contribution in [0, 0.1) is 0 Å². The number of carbonyl (C=O) groups excluding carboxylic acids is 2. The Kier molecular flexibility index (Phi) is 9.80. The lowest BCUT2D eigenvalue weighted by Crippen LogP contribution is -2.57. The van der Waals surface area contributed by atoms with E-state index in [1.54, 1.807) is 0 Å². The number of aromatic hydroxyl groups is 2. The Morgan fingerprint density at radius 3 is 1.19 bits per heavy atom. The first-order valence-corrected chi connectivity index (χ1v) is 10.5. The van der Waals surface area contributed by atoms with Gasteiger partial charge in [-0.2, -0.15) is 10.2 Å². The minimum Gasteiger partial charge on any atom is -0.507 e. The molecule has 0 saturated heterocycles. The molecule has 2 rings (SSSR count). The second-order valence-corrected chi connectivity index (χ2v) is 8.02. The Labute approximate surface area is 204 Å². The number of rotatable bonds is 12. The summed E-state index contributed by atoms with van der Waals surface area (Å²) in [6.07, 6.45) is 0. The fourth-order valence-corrected chi connectivity index (χ4v) is 2.81. The van der Waals surface area contributed by atoms with Crippen molar-refractivity contribution in [3.05, 3.63) is 47.5 Å². The number of phenols is 2. The summed E-state index contributed by atoms with van der Waals surface area (Å²) in [5, 5.41) is 88.7. The summed E-state index contributed by atoms with van der Waals surface area (Å²) in [4.78, 5) is 25.1. The van der Waals surface area contributed by atoms with Gasteiger partial charge in [-0.25, -0.2) is 0 Å². The number of aliphatic hydroxyl groups is 6. The van der Waals surface area contributed by atoms with Gasteiger partial charge in [-0.05, 0) is 36.4 Å². The molecule has 0 aromatic heterocycles. The maximum atomic E-state index is 12.5. The third-order valence-electron chi connectivity index (χ3n) is 5.30. The Balaban J connectivity index is 2.29. The van der Waals surface area contributed by atoms with Crippen LogP contribution >= 0.6 is 0 Å². The molecule has 10 N–H and O–H groups in total. The van der Waals surface area contributed by atoms with Gasteiger partial charge >= 0.3 is 0 Å². The summed E-state index contributed by atoms with van der Waals surface area (Å²) in [5.74, 6) is -2.72. The van der Waals surface area contributed by atoms with E-state index in [-0.39, 0.29) is 22.5 Å². The number of azo groups is 1. The molecule has 0 saturated carbocycles. The number of nitrogens with zero attached hydrogens (tertiary/aromatic N) is 2. The highest BCUT2D eigenvalue weighted by molar-refractivity contribution is 5.98. The van der Waals surface area contributed by atoms with E-state index < -0.39 is 74.0 Å². The van der Waals surface area contributed by atoms with E-state index in [0.717, 1.165) is 24.3 Å². The monoisotopic (exact) mass is 508 g/mol. The van der Waals surface area contributed by atoms with Crippen molar-refractivity contribution in [1.82, 2.24) is 10.6 Å². The van der Waals surface area contributed by atoms with E-state index in [1.807, 2.05) is 0 Å². The van der Waals surface area contributed by atoms with Gasteiger partial charge in [-0.1, -0.05) is 0 Å². The molecule has 2 amide bonds. The predicted octanol–water partition coefficient (Wildman–Crippen LogP) is -1.60. The lowest BCUT2D eigenvalue weighted by Gasteiger charge is -2.28. The highest BCUT2D eigenvalue weighted by atomic mass is 16.3. The zero-order chi connectivity index (χ0) is 26.9. The summed E-state index contributed by atoms with van der Waals surface area (Å²) in [7, 11) is 0. The first kappa shape index (κ1) is 28.6. The van der Waals surface area contributed by atoms with Crippen LogP contribution in [0.4, 0.5) is 11.4 Å². The van der Waals surface area contributed by atoms with Crippen molar-refractivity contribution < 1.29 is 50.4 Å². The van der Waals surface area contributed by atoms with E-state index in [1.165, 1.54) is 12.1 Å². The molecule has 0 aliphatic rings. The number of amides is 2. The molecular weight excluding hydrogens is 480 g/mol. The van der Waals surface area contributed by atoms with Gasteiger partial charge in [0, 0.05) is 0 Å². The van der Waals surface area contributed by atoms with Crippen LogP contribution in [0.1, 0.15) is 20.7 Å². The van der Waals surface area contributed by atoms with Crippen LogP contribution in [0.25, 0.3) is 0 Å². The minimum atomic E-state index is -1.72. The summed E-state index contributed by atoms with van der Waals surface area (Å²) in [6, 6.07) is 7.23.